The minimum atomic E-state index is -0.165. The van der Waals surface area contributed by atoms with Gasteiger partial charge in [0.1, 0.15) is 21.3 Å². The molecule has 4 aromatic rings. The van der Waals surface area contributed by atoms with Gasteiger partial charge in [-0.2, -0.15) is 5.26 Å². The fourth-order valence-corrected chi connectivity index (χ4v) is 4.32. The van der Waals surface area contributed by atoms with E-state index in [2.05, 4.69) is 11.1 Å². The van der Waals surface area contributed by atoms with Gasteiger partial charge in [-0.15, -0.1) is 11.3 Å². The predicted molar refractivity (Wildman–Crippen MR) is 115 cm³/mol. The van der Waals surface area contributed by atoms with Crippen LogP contribution < -0.4 is 10.5 Å². The molecule has 5 nitrogen and oxygen atoms in total. The molecule has 142 valence electrons. The third kappa shape index (κ3) is 3.22. The molecule has 0 bridgehead atoms. The van der Waals surface area contributed by atoms with Gasteiger partial charge in [-0.1, -0.05) is 60.7 Å². The lowest BCUT2D eigenvalue weighted by molar-refractivity contribution is 0.104. The van der Waals surface area contributed by atoms with E-state index in [1.54, 1.807) is 12.1 Å². The van der Waals surface area contributed by atoms with Crippen molar-refractivity contribution in [3.63, 3.8) is 0 Å². The van der Waals surface area contributed by atoms with Crippen LogP contribution in [0.15, 0.2) is 60.7 Å². The van der Waals surface area contributed by atoms with Gasteiger partial charge in [0.05, 0.1) is 12.3 Å². The van der Waals surface area contributed by atoms with E-state index in [0.29, 0.717) is 44.1 Å². The molecule has 0 amide bonds. The second-order valence-corrected chi connectivity index (χ2v) is 7.30. The highest BCUT2D eigenvalue weighted by Crippen LogP contribution is 2.44. The third-order valence-electron chi connectivity index (χ3n) is 4.54. The standard InChI is InChI=1S/C23H17N3O2S/c1-2-28-22-16(13-24)17(14-9-5-3-6-10-14)18-19(25)21(29-23(18)26-22)20(27)15-11-7-4-8-12-15/h3-12H,2,25H2,1H3. The number of benzene rings is 2. The Bertz CT molecular complexity index is 1240. The van der Waals surface area contributed by atoms with Crippen molar-refractivity contribution in [2.75, 3.05) is 12.3 Å². The van der Waals surface area contributed by atoms with E-state index in [1.807, 2.05) is 55.5 Å². The maximum absolute atomic E-state index is 13.1. The monoisotopic (exact) mass is 399 g/mol. The topological polar surface area (TPSA) is 89.0 Å². The zero-order valence-electron chi connectivity index (χ0n) is 15.7. The van der Waals surface area contributed by atoms with E-state index in [0.717, 1.165) is 5.56 Å². The normalized spacial score (nSPS) is 10.6. The molecule has 0 aliphatic carbocycles. The average molecular weight is 399 g/mol. The number of anilines is 1. The number of carbonyl (C=O) groups is 1. The van der Waals surface area contributed by atoms with Crippen molar-refractivity contribution in [2.45, 2.75) is 6.92 Å². The van der Waals surface area contributed by atoms with Crippen LogP contribution in [0.5, 0.6) is 5.88 Å². The van der Waals surface area contributed by atoms with Gasteiger partial charge in [0.15, 0.2) is 0 Å². The number of hydrogen-bond acceptors (Lipinski definition) is 6. The average Bonchev–Trinajstić information content (AvgIpc) is 3.09. The van der Waals surface area contributed by atoms with Gasteiger partial charge in [-0.05, 0) is 12.5 Å². The highest BCUT2D eigenvalue weighted by Gasteiger charge is 2.25. The Balaban J connectivity index is 2.04. The largest absolute Gasteiger partial charge is 0.477 e. The second kappa shape index (κ2) is 7.74. The van der Waals surface area contributed by atoms with Crippen LogP contribution in [0.3, 0.4) is 0 Å². The minimum absolute atomic E-state index is 0.165. The molecule has 0 radical (unpaired) electrons. The summed E-state index contributed by atoms with van der Waals surface area (Å²) >= 11 is 1.22. The summed E-state index contributed by atoms with van der Waals surface area (Å²) in [6.07, 6.45) is 0. The van der Waals surface area contributed by atoms with E-state index >= 15 is 0 Å². The Morgan fingerprint density at radius 2 is 1.79 bits per heavy atom. The number of nitrogens with two attached hydrogens (primary N) is 1. The summed E-state index contributed by atoms with van der Waals surface area (Å²) in [5, 5.41) is 10.5. The fourth-order valence-electron chi connectivity index (χ4n) is 3.26. The van der Waals surface area contributed by atoms with Gasteiger partial charge < -0.3 is 10.5 Å². The number of nitrogen functional groups attached to an aromatic ring is 1. The van der Waals surface area contributed by atoms with E-state index in [1.165, 1.54) is 11.3 Å². The van der Waals surface area contributed by atoms with Gasteiger partial charge in [0.25, 0.3) is 0 Å². The summed E-state index contributed by atoms with van der Waals surface area (Å²) in [4.78, 5) is 18.6. The van der Waals surface area contributed by atoms with E-state index in [9.17, 15) is 10.1 Å². The number of nitriles is 1. The fraction of sp³-hybridized carbons (Fsp3) is 0.0870. The van der Waals surface area contributed by atoms with Crippen LogP contribution in [-0.2, 0) is 0 Å². The molecule has 6 heteroatoms. The highest BCUT2D eigenvalue weighted by atomic mass is 32.1. The van der Waals surface area contributed by atoms with Crippen LogP contribution in [0.2, 0.25) is 0 Å². The first-order valence-corrected chi connectivity index (χ1v) is 9.91. The van der Waals surface area contributed by atoms with Crippen LogP contribution in [0.4, 0.5) is 5.69 Å². The number of ether oxygens (including phenoxy) is 1. The van der Waals surface area contributed by atoms with Gasteiger partial charge in [-0.25, -0.2) is 4.98 Å². The van der Waals surface area contributed by atoms with Crippen molar-refractivity contribution in [3.05, 3.63) is 76.7 Å². The molecule has 0 aliphatic rings. The van der Waals surface area contributed by atoms with Crippen molar-refractivity contribution in [2.24, 2.45) is 0 Å². The molecule has 0 aliphatic heterocycles. The number of fused-ring (bicyclic) bond motifs is 1. The van der Waals surface area contributed by atoms with Crippen LogP contribution in [0, 0.1) is 11.3 Å². The molecule has 4 rings (SSSR count). The number of aromatic nitrogens is 1. The number of thiophene rings is 1. The molecular formula is C23H17N3O2S. The predicted octanol–water partition coefficient (Wildman–Crippen LogP) is 5.05. The van der Waals surface area contributed by atoms with Crippen LogP contribution in [0.25, 0.3) is 21.3 Å². The Labute approximate surface area is 172 Å². The number of ketones is 1. The minimum Gasteiger partial charge on any atom is -0.477 e. The van der Waals surface area contributed by atoms with Gasteiger partial charge >= 0.3 is 0 Å². The first-order chi connectivity index (χ1) is 14.2. The molecule has 2 N–H and O–H groups in total. The van der Waals surface area contributed by atoms with E-state index < -0.39 is 0 Å². The summed E-state index contributed by atoms with van der Waals surface area (Å²) in [5.41, 5.74) is 9.13. The zero-order valence-corrected chi connectivity index (χ0v) is 16.5. The molecule has 29 heavy (non-hydrogen) atoms. The quantitative estimate of drug-likeness (QED) is 0.475. The van der Waals surface area contributed by atoms with E-state index in [4.69, 9.17) is 10.5 Å². The molecule has 0 atom stereocenters. The molecular weight excluding hydrogens is 382 g/mol. The molecule has 2 aromatic heterocycles. The van der Waals surface area contributed by atoms with Gasteiger partial charge in [0.2, 0.25) is 11.7 Å². The maximum Gasteiger partial charge on any atom is 0.233 e. The van der Waals surface area contributed by atoms with Gasteiger partial charge in [-0.3, -0.25) is 4.79 Å². The molecule has 0 fully saturated rings. The van der Waals surface area contributed by atoms with Crippen LogP contribution >= 0.6 is 11.3 Å². The molecule has 0 spiro atoms. The first-order valence-electron chi connectivity index (χ1n) is 9.09. The van der Waals surface area contributed by atoms with Crippen molar-refractivity contribution in [1.29, 1.82) is 5.26 Å². The van der Waals surface area contributed by atoms with Crippen molar-refractivity contribution < 1.29 is 9.53 Å². The van der Waals surface area contributed by atoms with Crippen molar-refractivity contribution in [3.8, 4) is 23.1 Å². The Morgan fingerprint density at radius 3 is 2.41 bits per heavy atom. The first kappa shape index (κ1) is 18.7. The third-order valence-corrected chi connectivity index (χ3v) is 5.64. The zero-order chi connectivity index (χ0) is 20.4. The summed E-state index contributed by atoms with van der Waals surface area (Å²) < 4.78 is 5.64. The Morgan fingerprint density at radius 1 is 1.14 bits per heavy atom. The maximum atomic E-state index is 13.1. The smallest absolute Gasteiger partial charge is 0.233 e. The Kier molecular flexibility index (Phi) is 4.98. The number of hydrogen-bond donors (Lipinski definition) is 1. The summed E-state index contributed by atoms with van der Waals surface area (Å²) in [7, 11) is 0. The van der Waals surface area contributed by atoms with Crippen molar-refractivity contribution >= 4 is 33.0 Å². The van der Waals surface area contributed by atoms with Crippen LogP contribution in [-0.4, -0.2) is 17.4 Å². The van der Waals surface area contributed by atoms with Crippen LogP contribution in [0.1, 0.15) is 27.7 Å². The number of carbonyl (C=O) groups excluding carboxylic acids is 1. The second-order valence-electron chi connectivity index (χ2n) is 6.30. The van der Waals surface area contributed by atoms with Gasteiger partial charge in [0, 0.05) is 16.5 Å². The molecule has 0 unspecified atom stereocenters. The number of pyridine rings is 1. The lowest BCUT2D eigenvalue weighted by Crippen LogP contribution is -2.02. The SMILES string of the molecule is CCOc1nc2sc(C(=O)c3ccccc3)c(N)c2c(-c2ccccc2)c1C#N. The molecule has 2 heterocycles. The summed E-state index contributed by atoms with van der Waals surface area (Å²) in [6, 6.07) is 20.7. The Hall–Kier alpha value is -3.69. The molecule has 2 aromatic carbocycles. The lowest BCUT2D eigenvalue weighted by atomic mass is 9.97. The molecule has 0 saturated heterocycles. The number of nitrogens with zero attached hydrogens (tertiary/aromatic N) is 2. The van der Waals surface area contributed by atoms with Crippen molar-refractivity contribution in [1.82, 2.24) is 4.98 Å². The lowest BCUT2D eigenvalue weighted by Gasteiger charge is -2.11. The number of rotatable bonds is 5. The highest BCUT2D eigenvalue weighted by molar-refractivity contribution is 7.21. The summed E-state index contributed by atoms with van der Waals surface area (Å²) in [5.74, 6) is 0.0860. The molecule has 0 saturated carbocycles. The van der Waals surface area contributed by atoms with E-state index in [-0.39, 0.29) is 11.7 Å². The summed E-state index contributed by atoms with van der Waals surface area (Å²) in [6.45, 7) is 2.21.